The first-order valence-corrected chi connectivity index (χ1v) is 16.6. The molecule has 218 valence electrons. The Morgan fingerprint density at radius 3 is 1.60 bits per heavy atom. The summed E-state index contributed by atoms with van der Waals surface area (Å²) in [4.78, 5) is 14.9. The molecule has 4 heteroatoms. The van der Waals surface area contributed by atoms with Gasteiger partial charge in [0.1, 0.15) is 0 Å². The Hall–Kier alpha value is -5.97. The van der Waals surface area contributed by atoms with Gasteiger partial charge in [0.25, 0.3) is 0 Å². The lowest BCUT2D eigenvalue weighted by molar-refractivity contribution is 1.07. The number of nitrogens with zero attached hydrogens (tertiary/aromatic N) is 3. The highest BCUT2D eigenvalue weighted by molar-refractivity contribution is 7.26. The van der Waals surface area contributed by atoms with Crippen LogP contribution in [-0.4, -0.2) is 15.0 Å². The molecule has 0 radical (unpaired) electrons. The van der Waals surface area contributed by atoms with Crippen molar-refractivity contribution in [2.45, 2.75) is 0 Å². The number of aromatic nitrogens is 3. The lowest BCUT2D eigenvalue weighted by atomic mass is 9.92. The van der Waals surface area contributed by atoms with E-state index in [0.717, 1.165) is 27.6 Å². The number of thiophene rings is 1. The lowest BCUT2D eigenvalue weighted by Gasteiger charge is -2.12. The summed E-state index contributed by atoms with van der Waals surface area (Å²) in [6.45, 7) is 0. The zero-order chi connectivity index (χ0) is 30.9. The van der Waals surface area contributed by atoms with Crippen molar-refractivity contribution >= 4 is 63.8 Å². The second-order valence-corrected chi connectivity index (χ2v) is 13.1. The summed E-state index contributed by atoms with van der Waals surface area (Å²) in [5, 5.41) is 10.4. The maximum Gasteiger partial charge on any atom is 0.164 e. The topological polar surface area (TPSA) is 38.7 Å². The van der Waals surface area contributed by atoms with Crippen molar-refractivity contribution in [1.82, 2.24) is 15.0 Å². The Labute approximate surface area is 274 Å². The number of fused-ring (bicyclic) bond motifs is 4. The van der Waals surface area contributed by atoms with E-state index in [4.69, 9.17) is 15.0 Å². The van der Waals surface area contributed by atoms with Crippen molar-refractivity contribution in [2.75, 3.05) is 0 Å². The summed E-state index contributed by atoms with van der Waals surface area (Å²) in [5.74, 6) is 1.98. The maximum atomic E-state index is 5.00. The van der Waals surface area contributed by atoms with Crippen LogP contribution < -0.4 is 0 Å². The molecule has 0 amide bonds. The molecule has 3 nitrogen and oxygen atoms in total. The second kappa shape index (κ2) is 10.3. The Bertz CT molecular complexity index is 2780. The molecule has 2 aromatic heterocycles. The molecule has 0 N–H and O–H groups in total. The molecule has 0 bridgehead atoms. The van der Waals surface area contributed by atoms with Gasteiger partial charge in [-0.05, 0) is 67.7 Å². The van der Waals surface area contributed by atoms with Crippen molar-refractivity contribution in [3.8, 4) is 45.3 Å². The van der Waals surface area contributed by atoms with Crippen molar-refractivity contribution in [3.63, 3.8) is 0 Å². The lowest BCUT2D eigenvalue weighted by Crippen LogP contribution is -2.00. The highest BCUT2D eigenvalue weighted by Gasteiger charge is 2.17. The van der Waals surface area contributed by atoms with Crippen LogP contribution in [0.5, 0.6) is 0 Å². The Kier molecular flexibility index (Phi) is 5.74. The van der Waals surface area contributed by atoms with Crippen molar-refractivity contribution < 1.29 is 0 Å². The Morgan fingerprint density at radius 2 is 0.872 bits per heavy atom. The summed E-state index contributed by atoms with van der Waals surface area (Å²) in [6, 6.07) is 53.8. The molecule has 8 aromatic carbocycles. The van der Waals surface area contributed by atoms with E-state index in [1.165, 1.54) is 52.7 Å². The zero-order valence-corrected chi connectivity index (χ0v) is 26.0. The van der Waals surface area contributed by atoms with Gasteiger partial charge in [-0.3, -0.25) is 0 Å². The smallest absolute Gasteiger partial charge is 0.164 e. The van der Waals surface area contributed by atoms with E-state index in [1.807, 2.05) is 41.7 Å². The fourth-order valence-corrected chi connectivity index (χ4v) is 8.15. The van der Waals surface area contributed by atoms with Gasteiger partial charge in [0.15, 0.2) is 17.5 Å². The predicted molar refractivity (Wildman–Crippen MR) is 198 cm³/mol. The van der Waals surface area contributed by atoms with Crippen LogP contribution in [0.15, 0.2) is 152 Å². The van der Waals surface area contributed by atoms with Crippen molar-refractivity contribution in [2.24, 2.45) is 0 Å². The van der Waals surface area contributed by atoms with Gasteiger partial charge in [-0.15, -0.1) is 11.3 Å². The summed E-state index contributed by atoms with van der Waals surface area (Å²) >= 11 is 1.88. The first kappa shape index (κ1) is 26.3. The molecule has 47 heavy (non-hydrogen) atoms. The van der Waals surface area contributed by atoms with Gasteiger partial charge in [-0.25, -0.2) is 15.0 Å². The van der Waals surface area contributed by atoms with Gasteiger partial charge < -0.3 is 0 Å². The van der Waals surface area contributed by atoms with Gasteiger partial charge in [0, 0.05) is 36.9 Å². The van der Waals surface area contributed by atoms with Crippen LogP contribution >= 0.6 is 11.3 Å². The summed E-state index contributed by atoms with van der Waals surface area (Å²) in [5.41, 5.74) is 5.23. The fourth-order valence-electron chi connectivity index (χ4n) is 6.99. The summed E-state index contributed by atoms with van der Waals surface area (Å²) in [6.07, 6.45) is 0. The number of hydrogen-bond acceptors (Lipinski definition) is 4. The minimum absolute atomic E-state index is 0.656. The average Bonchev–Trinajstić information content (AvgIpc) is 3.54. The van der Waals surface area contributed by atoms with Crippen LogP contribution in [0.4, 0.5) is 0 Å². The molecule has 2 heterocycles. The molecule has 0 saturated heterocycles. The molecule has 0 unspecified atom stereocenters. The molecule has 0 fully saturated rings. The minimum Gasteiger partial charge on any atom is -0.208 e. The van der Waals surface area contributed by atoms with Gasteiger partial charge in [-0.2, -0.15) is 0 Å². The molecular weight excluding hydrogens is 591 g/mol. The SMILES string of the molecule is c1ccc(-c2nc(-c3ccc(-c4ccc5c(c4)c4cccc6sc7cccc5c7c64)cc3)nc(-c3ccc4ccccc4c3)n2)cc1. The highest BCUT2D eigenvalue weighted by atomic mass is 32.1. The molecule has 0 spiro atoms. The standard InChI is InChI=1S/C43H25N3S/c1-2-9-28(10-3-1)41-44-42(46-43(45-41)32-21-18-26-8-4-5-11-30(26)24-32)29-19-16-27(17-20-29)31-22-23-33-34-12-6-14-37-39(34)40-35(36(33)25-31)13-7-15-38(40)47-37/h1-25H. The van der Waals surface area contributed by atoms with E-state index in [-0.39, 0.29) is 0 Å². The molecule has 10 rings (SSSR count). The summed E-state index contributed by atoms with van der Waals surface area (Å²) < 4.78 is 2.70. The summed E-state index contributed by atoms with van der Waals surface area (Å²) in [7, 11) is 0. The maximum absolute atomic E-state index is 5.00. The third kappa shape index (κ3) is 4.23. The van der Waals surface area contributed by atoms with Gasteiger partial charge >= 0.3 is 0 Å². The minimum atomic E-state index is 0.656. The number of rotatable bonds is 4. The van der Waals surface area contributed by atoms with Crippen LogP contribution in [0.2, 0.25) is 0 Å². The normalized spacial score (nSPS) is 11.8. The van der Waals surface area contributed by atoms with E-state index in [2.05, 4.69) is 121 Å². The first-order chi connectivity index (χ1) is 23.3. The first-order valence-electron chi connectivity index (χ1n) is 15.8. The third-order valence-corrected chi connectivity index (χ3v) is 10.4. The number of benzene rings is 8. The van der Waals surface area contributed by atoms with E-state index < -0.39 is 0 Å². The van der Waals surface area contributed by atoms with E-state index in [9.17, 15) is 0 Å². The van der Waals surface area contributed by atoms with Gasteiger partial charge in [0.2, 0.25) is 0 Å². The molecule has 0 aliphatic heterocycles. The number of hydrogen-bond donors (Lipinski definition) is 0. The van der Waals surface area contributed by atoms with Gasteiger partial charge in [-0.1, -0.05) is 127 Å². The molecular formula is C43H25N3S. The van der Waals surface area contributed by atoms with E-state index in [1.54, 1.807) is 0 Å². The monoisotopic (exact) mass is 615 g/mol. The molecule has 0 aliphatic carbocycles. The quantitative estimate of drug-likeness (QED) is 0.185. The molecule has 0 atom stereocenters. The van der Waals surface area contributed by atoms with Crippen molar-refractivity contribution in [3.05, 3.63) is 152 Å². The predicted octanol–water partition coefficient (Wildman–Crippen LogP) is 11.8. The van der Waals surface area contributed by atoms with Crippen molar-refractivity contribution in [1.29, 1.82) is 0 Å². The largest absolute Gasteiger partial charge is 0.208 e. The average molecular weight is 616 g/mol. The Morgan fingerprint density at radius 1 is 0.319 bits per heavy atom. The second-order valence-electron chi connectivity index (χ2n) is 12.0. The van der Waals surface area contributed by atoms with Crippen LogP contribution in [0.3, 0.4) is 0 Å². The molecule has 0 saturated carbocycles. The van der Waals surface area contributed by atoms with Crippen LogP contribution in [-0.2, 0) is 0 Å². The third-order valence-electron chi connectivity index (χ3n) is 9.27. The van der Waals surface area contributed by atoms with E-state index >= 15 is 0 Å². The van der Waals surface area contributed by atoms with Crippen LogP contribution in [0.25, 0.3) is 97.8 Å². The molecule has 0 aliphatic rings. The van der Waals surface area contributed by atoms with Gasteiger partial charge in [0.05, 0.1) is 0 Å². The van der Waals surface area contributed by atoms with E-state index in [0.29, 0.717) is 17.5 Å². The van der Waals surface area contributed by atoms with Crippen LogP contribution in [0, 0.1) is 0 Å². The highest BCUT2D eigenvalue weighted by Crippen LogP contribution is 2.45. The fraction of sp³-hybridized carbons (Fsp3) is 0. The zero-order valence-electron chi connectivity index (χ0n) is 25.2. The molecule has 10 aromatic rings. The Balaban J connectivity index is 1.09. The van der Waals surface area contributed by atoms with Crippen LogP contribution in [0.1, 0.15) is 0 Å².